The van der Waals surface area contributed by atoms with Crippen LogP contribution in [-0.2, 0) is 58.4 Å². The largest absolute Gasteiger partial charge is 0.472 e. The van der Waals surface area contributed by atoms with Gasteiger partial charge in [-0.05, 0) is 89.1 Å². The van der Waals surface area contributed by atoms with Gasteiger partial charge in [-0.25, -0.2) is 4.57 Å². The summed E-state index contributed by atoms with van der Waals surface area (Å²) in [4.78, 5) is 35.2. The molecule has 328 valence electrons. The number of phosphoric acid groups is 1. The molecule has 0 saturated carbocycles. The summed E-state index contributed by atoms with van der Waals surface area (Å²) in [5, 5.41) is 2.82. The lowest BCUT2D eigenvalue weighted by Gasteiger charge is -2.20. The van der Waals surface area contributed by atoms with Gasteiger partial charge >= 0.3 is 19.8 Å². The van der Waals surface area contributed by atoms with Crippen molar-refractivity contribution in [3.8, 4) is 0 Å². The molecule has 2 rings (SSSR count). The first-order chi connectivity index (χ1) is 27.5. The maximum atomic E-state index is 12.7. The average molecular weight is 824 g/mol. The molecule has 2 heterocycles. The number of furan rings is 2. The predicted octanol–water partition coefficient (Wildman–Crippen LogP) is 11.3. The zero-order valence-corrected chi connectivity index (χ0v) is 37.4. The van der Waals surface area contributed by atoms with E-state index in [1.807, 2.05) is 0 Å². The average Bonchev–Trinajstić information content (AvgIpc) is 3.66. The molecule has 0 bridgehead atoms. The summed E-state index contributed by atoms with van der Waals surface area (Å²) >= 11 is 0. The highest BCUT2D eigenvalue weighted by molar-refractivity contribution is 7.47. The zero-order valence-electron chi connectivity index (χ0n) is 36.5. The number of aryl methyl sites for hydroxylation is 5. The van der Waals surface area contributed by atoms with Crippen LogP contribution in [0, 0.1) is 20.8 Å². The molecule has 1 unspecified atom stereocenters. The van der Waals surface area contributed by atoms with Gasteiger partial charge in [0.25, 0.3) is 0 Å². The van der Waals surface area contributed by atoms with E-state index in [1.54, 1.807) is 7.05 Å². The Morgan fingerprint density at radius 1 is 0.667 bits per heavy atom. The molecular weight excluding hydrogens is 745 g/mol. The summed E-state index contributed by atoms with van der Waals surface area (Å²) < 4.78 is 45.4. The Labute approximate surface area is 344 Å². The fourth-order valence-corrected chi connectivity index (χ4v) is 7.71. The standard InChI is InChI=1S/C45H78NO10P/c1-7-25-39-33-36(3)41(54-39)27-21-17-13-9-11-15-19-23-29-44(47)51-34-40(35-53-57(49,50)52-32-31-46-6)55-45(48)30-24-20-16-12-10-14-18-22-28-43-38(5)37(4)42(56-43)26-8-2/h33,40,46H,7-32,34-35H2,1-6H3,(H,49,50)/t40-/m1/s1. The summed E-state index contributed by atoms with van der Waals surface area (Å²) in [5.74, 6) is 3.68. The Kier molecular flexibility index (Phi) is 27.2. The van der Waals surface area contributed by atoms with E-state index in [-0.39, 0.29) is 26.1 Å². The van der Waals surface area contributed by atoms with Gasteiger partial charge in [0.05, 0.1) is 13.2 Å². The SMILES string of the molecule is CCCc1cc(C)c(CCCCCCCCCCC(=O)OC[C@H](COP(=O)(O)OCCNC)OC(=O)CCCCCCCCCCc2oc(CCC)c(C)c2C)o1. The lowest BCUT2D eigenvalue weighted by atomic mass is 10.0. The molecule has 2 aromatic heterocycles. The van der Waals surface area contributed by atoms with Crippen molar-refractivity contribution >= 4 is 19.8 Å². The number of unbranched alkanes of at least 4 members (excludes halogenated alkanes) is 14. The Morgan fingerprint density at radius 3 is 1.74 bits per heavy atom. The second-order valence-electron chi connectivity index (χ2n) is 15.7. The first-order valence-electron chi connectivity index (χ1n) is 22.3. The fourth-order valence-electron chi connectivity index (χ4n) is 6.96. The van der Waals surface area contributed by atoms with Gasteiger partial charge in [-0.3, -0.25) is 18.6 Å². The maximum absolute atomic E-state index is 12.7. The zero-order chi connectivity index (χ0) is 41.7. The normalized spacial score (nSPS) is 13.2. The Hall–Kier alpha value is -2.43. The van der Waals surface area contributed by atoms with Crippen LogP contribution in [0.15, 0.2) is 14.9 Å². The van der Waals surface area contributed by atoms with Crippen molar-refractivity contribution in [2.75, 3.05) is 33.4 Å². The number of hydrogen-bond donors (Lipinski definition) is 2. The van der Waals surface area contributed by atoms with E-state index >= 15 is 0 Å². The molecule has 0 radical (unpaired) electrons. The number of esters is 2. The summed E-state index contributed by atoms with van der Waals surface area (Å²) in [5.41, 5.74) is 3.89. The Morgan fingerprint density at radius 2 is 1.18 bits per heavy atom. The number of likely N-dealkylation sites (N-methyl/N-ethyl adjacent to an activating group) is 1. The molecule has 2 aromatic rings. The van der Waals surface area contributed by atoms with Gasteiger partial charge < -0.3 is 28.5 Å². The van der Waals surface area contributed by atoms with Crippen molar-refractivity contribution in [3.63, 3.8) is 0 Å². The molecule has 0 saturated heterocycles. The van der Waals surface area contributed by atoms with Crippen LogP contribution >= 0.6 is 7.82 Å². The minimum atomic E-state index is -4.37. The van der Waals surface area contributed by atoms with Gasteiger partial charge in [0, 0.05) is 45.1 Å². The number of carbonyl (C=O) groups excluding carboxylic acids is 2. The van der Waals surface area contributed by atoms with Crippen molar-refractivity contribution in [2.45, 2.75) is 195 Å². The van der Waals surface area contributed by atoms with Crippen LogP contribution in [-0.4, -0.2) is 56.3 Å². The van der Waals surface area contributed by atoms with Crippen LogP contribution in [0.3, 0.4) is 0 Å². The maximum Gasteiger partial charge on any atom is 0.472 e. The molecule has 11 nitrogen and oxygen atoms in total. The first-order valence-corrected chi connectivity index (χ1v) is 23.8. The third-order valence-electron chi connectivity index (χ3n) is 10.5. The molecule has 57 heavy (non-hydrogen) atoms. The number of ether oxygens (including phenoxy) is 2. The molecule has 0 amide bonds. The molecule has 0 aliphatic carbocycles. The highest BCUT2D eigenvalue weighted by Crippen LogP contribution is 2.43. The minimum absolute atomic E-state index is 0.0284. The topological polar surface area (TPSA) is 147 Å². The lowest BCUT2D eigenvalue weighted by Crippen LogP contribution is -2.29. The molecule has 0 fully saturated rings. The number of phosphoric ester groups is 1. The summed E-state index contributed by atoms with van der Waals surface area (Å²) in [6, 6.07) is 2.18. The third-order valence-corrected chi connectivity index (χ3v) is 11.5. The first kappa shape index (κ1) is 50.7. The number of carbonyl (C=O) groups is 2. The number of nitrogens with one attached hydrogen (secondary N) is 1. The quantitative estimate of drug-likeness (QED) is 0.0384. The Bertz CT molecular complexity index is 1420. The smallest absolute Gasteiger partial charge is 0.466 e. The monoisotopic (exact) mass is 824 g/mol. The Balaban J connectivity index is 1.59. The van der Waals surface area contributed by atoms with Gasteiger partial charge in [0.15, 0.2) is 6.10 Å². The molecular formula is C45H78NO10P. The van der Waals surface area contributed by atoms with E-state index in [0.29, 0.717) is 19.4 Å². The summed E-state index contributed by atoms with van der Waals surface area (Å²) in [6.07, 6.45) is 22.6. The van der Waals surface area contributed by atoms with Crippen molar-refractivity contribution in [2.24, 2.45) is 0 Å². The van der Waals surface area contributed by atoms with Gasteiger partial charge in [-0.2, -0.15) is 0 Å². The number of rotatable bonds is 36. The van der Waals surface area contributed by atoms with E-state index in [9.17, 15) is 19.0 Å². The van der Waals surface area contributed by atoms with Crippen molar-refractivity contribution < 1.29 is 46.4 Å². The van der Waals surface area contributed by atoms with E-state index in [1.165, 1.54) is 48.8 Å². The van der Waals surface area contributed by atoms with Crippen LogP contribution in [0.1, 0.15) is 182 Å². The van der Waals surface area contributed by atoms with Crippen LogP contribution < -0.4 is 5.32 Å². The molecule has 12 heteroatoms. The fraction of sp³-hybridized carbons (Fsp3) is 0.778. The predicted molar refractivity (Wildman–Crippen MR) is 227 cm³/mol. The summed E-state index contributed by atoms with van der Waals surface area (Å²) in [7, 11) is -2.67. The molecule has 0 spiro atoms. The van der Waals surface area contributed by atoms with Gasteiger partial charge in [-0.15, -0.1) is 0 Å². The van der Waals surface area contributed by atoms with E-state index in [4.69, 9.17) is 27.4 Å². The van der Waals surface area contributed by atoms with Crippen LogP contribution in [0.2, 0.25) is 0 Å². The second kappa shape index (κ2) is 30.6. The highest BCUT2D eigenvalue weighted by Gasteiger charge is 2.26. The van der Waals surface area contributed by atoms with E-state index in [0.717, 1.165) is 119 Å². The summed E-state index contributed by atoms with van der Waals surface area (Å²) in [6.45, 7) is 10.5. The molecule has 0 aromatic carbocycles. The number of hydrogen-bond acceptors (Lipinski definition) is 10. The van der Waals surface area contributed by atoms with Gasteiger partial charge in [0.2, 0.25) is 0 Å². The van der Waals surface area contributed by atoms with E-state index < -0.39 is 32.5 Å². The van der Waals surface area contributed by atoms with Crippen molar-refractivity contribution in [1.29, 1.82) is 0 Å². The third kappa shape index (κ3) is 23.1. The molecule has 0 aliphatic rings. The van der Waals surface area contributed by atoms with Crippen LogP contribution in [0.25, 0.3) is 0 Å². The lowest BCUT2D eigenvalue weighted by molar-refractivity contribution is -0.161. The van der Waals surface area contributed by atoms with Crippen molar-refractivity contribution in [3.05, 3.63) is 45.8 Å². The minimum Gasteiger partial charge on any atom is -0.466 e. The molecule has 0 aliphatic heterocycles. The highest BCUT2D eigenvalue weighted by atomic mass is 31.2. The van der Waals surface area contributed by atoms with Crippen LogP contribution in [0.5, 0.6) is 0 Å². The second-order valence-corrected chi connectivity index (χ2v) is 17.1. The molecule has 2 N–H and O–H groups in total. The van der Waals surface area contributed by atoms with Gasteiger partial charge in [-0.1, -0.05) is 90.9 Å². The van der Waals surface area contributed by atoms with Crippen LogP contribution in [0.4, 0.5) is 0 Å². The van der Waals surface area contributed by atoms with Crippen molar-refractivity contribution in [1.82, 2.24) is 5.32 Å². The van der Waals surface area contributed by atoms with Gasteiger partial charge in [0.1, 0.15) is 29.6 Å². The molecule has 2 atom stereocenters. The van der Waals surface area contributed by atoms with E-state index in [2.05, 4.69) is 46.0 Å².